The molecule has 0 saturated heterocycles. The van der Waals surface area contributed by atoms with E-state index in [1.54, 1.807) is 25.1 Å². The maximum absolute atomic E-state index is 12.1. The second-order valence-corrected chi connectivity index (χ2v) is 6.18. The first-order valence-corrected chi connectivity index (χ1v) is 8.27. The molecule has 0 bridgehead atoms. The molecular formula is C17H16Cl2N2O5. The van der Waals surface area contributed by atoms with Gasteiger partial charge in [-0.15, -0.1) is 0 Å². The van der Waals surface area contributed by atoms with Crippen LogP contribution < -0.4 is 14.8 Å². The number of ether oxygens (including phenoxy) is 2. The first kappa shape index (κ1) is 19.8. The zero-order chi connectivity index (χ0) is 19.3. The molecule has 1 atom stereocenters. The van der Waals surface area contributed by atoms with Crippen molar-refractivity contribution in [2.75, 3.05) is 13.7 Å². The SMILES string of the molecule is COc1ccc([N+](=O)[O-])cc1OCC(=O)NC(C)c1ccc(Cl)cc1Cl. The van der Waals surface area contributed by atoms with E-state index < -0.39 is 10.8 Å². The van der Waals surface area contributed by atoms with Gasteiger partial charge in [0, 0.05) is 16.1 Å². The molecular weight excluding hydrogens is 383 g/mol. The van der Waals surface area contributed by atoms with Crippen LogP contribution in [0.4, 0.5) is 5.69 Å². The summed E-state index contributed by atoms with van der Waals surface area (Å²) < 4.78 is 10.5. The van der Waals surface area contributed by atoms with E-state index in [2.05, 4.69) is 5.32 Å². The third kappa shape index (κ3) is 5.00. The van der Waals surface area contributed by atoms with Crippen molar-refractivity contribution < 1.29 is 19.2 Å². The molecule has 0 aliphatic heterocycles. The lowest BCUT2D eigenvalue weighted by Gasteiger charge is -2.16. The van der Waals surface area contributed by atoms with Crippen molar-refractivity contribution in [1.82, 2.24) is 5.32 Å². The molecule has 0 aliphatic carbocycles. The molecule has 1 unspecified atom stereocenters. The third-order valence-corrected chi connectivity index (χ3v) is 4.09. The molecule has 1 N–H and O–H groups in total. The van der Waals surface area contributed by atoms with Crippen molar-refractivity contribution in [2.45, 2.75) is 13.0 Å². The molecule has 0 saturated carbocycles. The van der Waals surface area contributed by atoms with Crippen LogP contribution >= 0.6 is 23.2 Å². The van der Waals surface area contributed by atoms with Gasteiger partial charge in [0.25, 0.3) is 11.6 Å². The zero-order valence-electron chi connectivity index (χ0n) is 14.0. The van der Waals surface area contributed by atoms with Gasteiger partial charge in [0.05, 0.1) is 24.1 Å². The van der Waals surface area contributed by atoms with Crippen LogP contribution in [0.2, 0.25) is 10.0 Å². The van der Waals surface area contributed by atoms with Crippen LogP contribution in [-0.2, 0) is 4.79 Å². The zero-order valence-corrected chi connectivity index (χ0v) is 15.5. The van der Waals surface area contributed by atoms with Crippen LogP contribution in [0.3, 0.4) is 0 Å². The van der Waals surface area contributed by atoms with Gasteiger partial charge in [-0.05, 0) is 30.7 Å². The summed E-state index contributed by atoms with van der Waals surface area (Å²) in [5.74, 6) is -0.0247. The highest BCUT2D eigenvalue weighted by Gasteiger charge is 2.16. The van der Waals surface area contributed by atoms with Gasteiger partial charge < -0.3 is 14.8 Å². The summed E-state index contributed by atoms with van der Waals surface area (Å²) in [7, 11) is 1.40. The van der Waals surface area contributed by atoms with Crippen molar-refractivity contribution in [3.63, 3.8) is 0 Å². The number of nitrogens with zero attached hydrogens (tertiary/aromatic N) is 1. The number of carbonyl (C=O) groups is 1. The van der Waals surface area contributed by atoms with Gasteiger partial charge in [0.2, 0.25) is 0 Å². The minimum absolute atomic E-state index is 0.106. The average molecular weight is 399 g/mol. The van der Waals surface area contributed by atoms with Gasteiger partial charge in [0.15, 0.2) is 18.1 Å². The van der Waals surface area contributed by atoms with Crippen LogP contribution in [-0.4, -0.2) is 24.5 Å². The predicted molar refractivity (Wildman–Crippen MR) is 98.2 cm³/mol. The minimum atomic E-state index is -0.559. The van der Waals surface area contributed by atoms with Gasteiger partial charge in [-0.2, -0.15) is 0 Å². The smallest absolute Gasteiger partial charge is 0.273 e. The lowest BCUT2D eigenvalue weighted by atomic mass is 10.1. The predicted octanol–water partition coefficient (Wildman–Crippen LogP) is 4.17. The number of nitro benzene ring substituents is 1. The fraction of sp³-hybridized carbons (Fsp3) is 0.235. The van der Waals surface area contributed by atoms with E-state index >= 15 is 0 Å². The summed E-state index contributed by atoms with van der Waals surface area (Å²) in [5, 5.41) is 14.5. The molecule has 9 heteroatoms. The normalized spacial score (nSPS) is 11.5. The Hall–Kier alpha value is -2.51. The summed E-state index contributed by atoms with van der Waals surface area (Å²) in [6.07, 6.45) is 0. The van der Waals surface area contributed by atoms with Crippen LogP contribution in [0.5, 0.6) is 11.5 Å². The molecule has 2 rings (SSSR count). The minimum Gasteiger partial charge on any atom is -0.493 e. The Labute approximate surface area is 160 Å². The summed E-state index contributed by atoms with van der Waals surface area (Å²) in [6.45, 7) is 1.42. The fourth-order valence-corrected chi connectivity index (χ4v) is 2.82. The van der Waals surface area contributed by atoms with E-state index in [9.17, 15) is 14.9 Å². The number of benzene rings is 2. The number of carbonyl (C=O) groups excluding carboxylic acids is 1. The fourth-order valence-electron chi connectivity index (χ4n) is 2.25. The van der Waals surface area contributed by atoms with Crippen LogP contribution in [0, 0.1) is 10.1 Å². The number of hydrogen-bond acceptors (Lipinski definition) is 5. The average Bonchev–Trinajstić information content (AvgIpc) is 2.59. The number of halogens is 2. The second-order valence-electron chi connectivity index (χ2n) is 5.34. The Morgan fingerprint density at radius 2 is 1.96 bits per heavy atom. The van der Waals surface area contributed by atoms with Gasteiger partial charge in [0.1, 0.15) is 0 Å². The topological polar surface area (TPSA) is 90.7 Å². The largest absolute Gasteiger partial charge is 0.493 e. The molecule has 0 aliphatic rings. The molecule has 0 aromatic heterocycles. The van der Waals surface area contributed by atoms with Gasteiger partial charge in [-0.1, -0.05) is 29.3 Å². The summed E-state index contributed by atoms with van der Waals surface area (Å²) >= 11 is 12.0. The van der Waals surface area contributed by atoms with Crippen LogP contribution in [0.25, 0.3) is 0 Å². The molecule has 1 amide bonds. The van der Waals surface area contributed by atoms with Gasteiger partial charge >= 0.3 is 0 Å². The van der Waals surface area contributed by atoms with E-state index in [-0.39, 0.29) is 29.8 Å². The number of nitro groups is 1. The van der Waals surface area contributed by atoms with Crippen molar-refractivity contribution in [3.8, 4) is 11.5 Å². The molecule has 0 spiro atoms. The molecule has 2 aromatic carbocycles. The quantitative estimate of drug-likeness (QED) is 0.558. The third-order valence-electron chi connectivity index (χ3n) is 3.52. The van der Waals surface area contributed by atoms with E-state index in [0.29, 0.717) is 15.6 Å². The lowest BCUT2D eigenvalue weighted by molar-refractivity contribution is -0.385. The second kappa shape index (κ2) is 8.73. The first-order valence-electron chi connectivity index (χ1n) is 7.51. The highest BCUT2D eigenvalue weighted by molar-refractivity contribution is 6.35. The highest BCUT2D eigenvalue weighted by atomic mass is 35.5. The molecule has 0 heterocycles. The molecule has 26 heavy (non-hydrogen) atoms. The van der Waals surface area contributed by atoms with E-state index in [4.69, 9.17) is 32.7 Å². The van der Waals surface area contributed by atoms with Crippen molar-refractivity contribution in [2.24, 2.45) is 0 Å². The van der Waals surface area contributed by atoms with Crippen molar-refractivity contribution in [3.05, 3.63) is 62.1 Å². The maximum atomic E-state index is 12.1. The molecule has 0 radical (unpaired) electrons. The Morgan fingerprint density at radius 1 is 1.23 bits per heavy atom. The van der Waals surface area contributed by atoms with Gasteiger partial charge in [-0.25, -0.2) is 0 Å². The van der Waals surface area contributed by atoms with E-state index in [1.807, 2.05) is 0 Å². The monoisotopic (exact) mass is 398 g/mol. The molecule has 2 aromatic rings. The van der Waals surface area contributed by atoms with Crippen molar-refractivity contribution in [1.29, 1.82) is 0 Å². The molecule has 0 fully saturated rings. The highest BCUT2D eigenvalue weighted by Crippen LogP contribution is 2.31. The maximum Gasteiger partial charge on any atom is 0.273 e. The number of nitrogens with one attached hydrogen (secondary N) is 1. The molecule has 7 nitrogen and oxygen atoms in total. The van der Waals surface area contributed by atoms with Crippen LogP contribution in [0.15, 0.2) is 36.4 Å². The van der Waals surface area contributed by atoms with E-state index in [0.717, 1.165) is 0 Å². The number of rotatable bonds is 7. The van der Waals surface area contributed by atoms with E-state index in [1.165, 1.54) is 25.3 Å². The summed E-state index contributed by atoms with van der Waals surface area (Å²) in [4.78, 5) is 22.4. The Kier molecular flexibility index (Phi) is 6.65. The number of methoxy groups -OCH3 is 1. The van der Waals surface area contributed by atoms with Gasteiger partial charge in [-0.3, -0.25) is 14.9 Å². The number of amides is 1. The molecule has 138 valence electrons. The summed E-state index contributed by atoms with van der Waals surface area (Å²) in [6, 6.07) is 8.51. The number of non-ortho nitro benzene ring substituents is 1. The Balaban J connectivity index is 2.02. The standard InChI is InChI=1S/C17H16Cl2N2O5/c1-10(13-5-3-11(18)7-14(13)19)20-17(22)9-26-16-8-12(21(23)24)4-6-15(16)25-2/h3-8,10H,9H2,1-2H3,(H,20,22). The lowest BCUT2D eigenvalue weighted by Crippen LogP contribution is -2.31. The Morgan fingerprint density at radius 3 is 2.58 bits per heavy atom. The van der Waals surface area contributed by atoms with Crippen molar-refractivity contribution >= 4 is 34.8 Å². The Bertz CT molecular complexity index is 829. The number of hydrogen-bond donors (Lipinski definition) is 1. The summed E-state index contributed by atoms with van der Waals surface area (Å²) in [5.41, 5.74) is 0.542. The van der Waals surface area contributed by atoms with Crippen LogP contribution in [0.1, 0.15) is 18.5 Å². The first-order chi connectivity index (χ1) is 12.3.